The highest BCUT2D eigenvalue weighted by Gasteiger charge is 2.53. The average molecular weight is 263 g/mol. The summed E-state index contributed by atoms with van der Waals surface area (Å²) in [6.07, 6.45) is 11.2. The Kier molecular flexibility index (Phi) is 2.78. The molecule has 5 fully saturated rings. The van der Waals surface area contributed by atoms with Crippen LogP contribution in [-0.2, 0) is 4.74 Å². The molecule has 1 heterocycles. The van der Waals surface area contributed by atoms with Crippen molar-refractivity contribution in [1.82, 2.24) is 4.90 Å². The van der Waals surface area contributed by atoms with Gasteiger partial charge in [0.05, 0.1) is 0 Å². The van der Waals surface area contributed by atoms with Gasteiger partial charge in [0.25, 0.3) is 0 Å². The molecule has 0 aromatic carbocycles. The van der Waals surface area contributed by atoms with E-state index in [0.717, 1.165) is 62.9 Å². The molecular weight excluding hydrogens is 238 g/mol. The second kappa shape index (κ2) is 4.39. The van der Waals surface area contributed by atoms with Gasteiger partial charge in [0.15, 0.2) is 0 Å². The fourth-order valence-electron chi connectivity index (χ4n) is 5.48. The molecule has 3 nitrogen and oxygen atoms in total. The number of rotatable bonds is 1. The summed E-state index contributed by atoms with van der Waals surface area (Å²) in [5.74, 6) is 2.54. The van der Waals surface area contributed by atoms with Crippen LogP contribution in [0, 0.1) is 17.8 Å². The topological polar surface area (TPSA) is 29.5 Å². The normalized spacial score (nSPS) is 44.4. The number of likely N-dealkylation sites (tertiary alicyclic amines) is 1. The highest BCUT2D eigenvalue weighted by molar-refractivity contribution is 5.68. The number of piperidine rings is 1. The minimum absolute atomic E-state index is 0.0124. The van der Waals surface area contributed by atoms with Crippen LogP contribution in [0.1, 0.15) is 57.8 Å². The number of carbonyl (C=O) groups is 1. The van der Waals surface area contributed by atoms with Gasteiger partial charge in [-0.1, -0.05) is 0 Å². The van der Waals surface area contributed by atoms with Gasteiger partial charge in [0.2, 0.25) is 0 Å². The van der Waals surface area contributed by atoms with Gasteiger partial charge in [-0.25, -0.2) is 4.79 Å². The zero-order valence-corrected chi connectivity index (χ0v) is 11.8. The van der Waals surface area contributed by atoms with E-state index in [-0.39, 0.29) is 11.7 Å². The Labute approximate surface area is 115 Å². The third-order valence-corrected chi connectivity index (χ3v) is 5.90. The van der Waals surface area contributed by atoms with Crippen molar-refractivity contribution in [3.8, 4) is 0 Å². The lowest BCUT2D eigenvalue weighted by atomic mass is 9.54. The Morgan fingerprint density at radius 2 is 1.42 bits per heavy atom. The van der Waals surface area contributed by atoms with Crippen LogP contribution < -0.4 is 0 Å². The number of hydrogen-bond acceptors (Lipinski definition) is 2. The van der Waals surface area contributed by atoms with E-state index < -0.39 is 0 Å². The molecule has 1 saturated heterocycles. The Balaban J connectivity index is 1.45. The van der Waals surface area contributed by atoms with E-state index in [2.05, 4.69) is 0 Å². The molecule has 0 spiro atoms. The highest BCUT2D eigenvalue weighted by Crippen LogP contribution is 2.57. The summed E-state index contributed by atoms with van der Waals surface area (Å²) in [6, 6.07) is 0. The molecule has 106 valence electrons. The predicted molar refractivity (Wildman–Crippen MR) is 72.8 cm³/mol. The quantitative estimate of drug-likeness (QED) is 0.723. The van der Waals surface area contributed by atoms with Gasteiger partial charge < -0.3 is 9.64 Å². The monoisotopic (exact) mass is 263 g/mol. The Morgan fingerprint density at radius 3 is 1.95 bits per heavy atom. The first kappa shape index (κ1) is 12.0. The summed E-state index contributed by atoms with van der Waals surface area (Å²) in [5, 5.41) is 0. The molecular formula is C16H25NO2. The van der Waals surface area contributed by atoms with Crippen LogP contribution in [0.4, 0.5) is 4.79 Å². The van der Waals surface area contributed by atoms with Gasteiger partial charge in [-0.3, -0.25) is 0 Å². The van der Waals surface area contributed by atoms with E-state index in [1.54, 1.807) is 0 Å². The van der Waals surface area contributed by atoms with Crippen molar-refractivity contribution in [1.29, 1.82) is 0 Å². The molecule has 0 unspecified atom stereocenters. The van der Waals surface area contributed by atoms with E-state index in [9.17, 15) is 4.79 Å². The van der Waals surface area contributed by atoms with Crippen molar-refractivity contribution in [2.45, 2.75) is 63.4 Å². The van der Waals surface area contributed by atoms with Crippen LogP contribution in [0.5, 0.6) is 0 Å². The van der Waals surface area contributed by atoms with E-state index in [4.69, 9.17) is 4.74 Å². The molecule has 4 aliphatic carbocycles. The van der Waals surface area contributed by atoms with Crippen LogP contribution in [0.2, 0.25) is 0 Å². The second-order valence-electron chi connectivity index (χ2n) is 7.52. The van der Waals surface area contributed by atoms with Crippen LogP contribution in [-0.4, -0.2) is 29.7 Å². The number of carbonyl (C=O) groups excluding carboxylic acids is 1. The summed E-state index contributed by atoms with van der Waals surface area (Å²) in [5.41, 5.74) is -0.0662. The van der Waals surface area contributed by atoms with Crippen molar-refractivity contribution in [3.05, 3.63) is 0 Å². The summed E-state index contributed by atoms with van der Waals surface area (Å²) in [4.78, 5) is 14.3. The standard InChI is InChI=1S/C16H25NO2/c18-15(17-4-2-1-3-5-17)19-16-9-12-6-13(10-16)8-14(7-12)11-16/h12-14H,1-11H2. The maximum atomic E-state index is 12.4. The maximum Gasteiger partial charge on any atom is 0.410 e. The Morgan fingerprint density at radius 1 is 0.895 bits per heavy atom. The molecule has 1 aliphatic heterocycles. The van der Waals surface area contributed by atoms with Crippen LogP contribution in [0.25, 0.3) is 0 Å². The minimum Gasteiger partial charge on any atom is -0.443 e. The summed E-state index contributed by atoms with van der Waals surface area (Å²) in [7, 11) is 0. The predicted octanol–water partition coefficient (Wildman–Crippen LogP) is 3.58. The molecule has 4 saturated carbocycles. The molecule has 0 radical (unpaired) electrons. The number of ether oxygens (including phenoxy) is 1. The van der Waals surface area contributed by atoms with Crippen LogP contribution in [0.3, 0.4) is 0 Å². The van der Waals surface area contributed by atoms with Gasteiger partial charge in [0.1, 0.15) is 5.60 Å². The molecule has 0 aromatic heterocycles. The largest absolute Gasteiger partial charge is 0.443 e. The van der Waals surface area contributed by atoms with E-state index >= 15 is 0 Å². The second-order valence-corrected chi connectivity index (χ2v) is 7.52. The Bertz CT molecular complexity index is 338. The number of amides is 1. The lowest BCUT2D eigenvalue weighted by molar-refractivity contribution is -0.134. The van der Waals surface area contributed by atoms with Gasteiger partial charge in [-0.05, 0) is 75.5 Å². The van der Waals surface area contributed by atoms with Crippen molar-refractivity contribution in [3.63, 3.8) is 0 Å². The molecule has 0 N–H and O–H groups in total. The van der Waals surface area contributed by atoms with Gasteiger partial charge in [-0.15, -0.1) is 0 Å². The molecule has 19 heavy (non-hydrogen) atoms. The van der Waals surface area contributed by atoms with Gasteiger partial charge in [0, 0.05) is 13.1 Å². The third kappa shape index (κ3) is 2.15. The molecule has 0 aromatic rings. The van der Waals surface area contributed by atoms with Gasteiger partial charge >= 0.3 is 6.09 Å². The fourth-order valence-corrected chi connectivity index (χ4v) is 5.48. The van der Waals surface area contributed by atoms with Crippen molar-refractivity contribution in [2.24, 2.45) is 17.8 Å². The van der Waals surface area contributed by atoms with E-state index in [0.29, 0.717) is 0 Å². The minimum atomic E-state index is -0.0662. The molecule has 5 rings (SSSR count). The van der Waals surface area contributed by atoms with Gasteiger partial charge in [-0.2, -0.15) is 0 Å². The lowest BCUT2D eigenvalue weighted by Crippen LogP contribution is -2.54. The van der Waals surface area contributed by atoms with Crippen LogP contribution >= 0.6 is 0 Å². The number of nitrogens with zero attached hydrogens (tertiary/aromatic N) is 1. The summed E-state index contributed by atoms with van der Waals surface area (Å²) >= 11 is 0. The summed E-state index contributed by atoms with van der Waals surface area (Å²) < 4.78 is 6.08. The first-order chi connectivity index (χ1) is 9.22. The molecule has 1 amide bonds. The van der Waals surface area contributed by atoms with Crippen LogP contribution in [0.15, 0.2) is 0 Å². The zero-order valence-electron chi connectivity index (χ0n) is 11.8. The smallest absolute Gasteiger partial charge is 0.410 e. The van der Waals surface area contributed by atoms with E-state index in [1.165, 1.54) is 25.7 Å². The first-order valence-corrected chi connectivity index (χ1v) is 8.20. The molecule has 4 bridgehead atoms. The number of hydrogen-bond donors (Lipinski definition) is 0. The Hall–Kier alpha value is -0.730. The fraction of sp³-hybridized carbons (Fsp3) is 0.938. The maximum absolute atomic E-state index is 12.4. The van der Waals surface area contributed by atoms with E-state index in [1.807, 2.05) is 4.90 Å². The SMILES string of the molecule is O=C(OC12CC3CC(CC(C3)C1)C2)N1CCCCC1. The zero-order chi connectivity index (χ0) is 12.9. The molecule has 0 atom stereocenters. The lowest BCUT2D eigenvalue weighted by Gasteiger charge is -2.55. The highest BCUT2D eigenvalue weighted by atomic mass is 16.6. The van der Waals surface area contributed by atoms with Crippen molar-refractivity contribution < 1.29 is 9.53 Å². The summed E-state index contributed by atoms with van der Waals surface area (Å²) in [6.45, 7) is 1.82. The molecule has 5 aliphatic rings. The van der Waals surface area contributed by atoms with Crippen molar-refractivity contribution in [2.75, 3.05) is 13.1 Å². The average Bonchev–Trinajstić information content (AvgIpc) is 2.37. The first-order valence-electron chi connectivity index (χ1n) is 8.20. The van der Waals surface area contributed by atoms with Crippen molar-refractivity contribution >= 4 is 6.09 Å². The third-order valence-electron chi connectivity index (χ3n) is 5.90. The molecule has 3 heteroatoms.